The first-order valence-corrected chi connectivity index (χ1v) is 4.80. The van der Waals surface area contributed by atoms with Crippen molar-refractivity contribution in [2.45, 2.75) is 13.0 Å². The Bertz CT molecular complexity index is 218. The zero-order chi connectivity index (χ0) is 9.59. The van der Waals surface area contributed by atoms with Gasteiger partial charge in [0, 0.05) is 25.7 Å². The summed E-state index contributed by atoms with van der Waals surface area (Å²) in [5.74, 6) is 0.160. The topological polar surface area (TPSA) is 66.6 Å². The van der Waals surface area contributed by atoms with Gasteiger partial charge in [-0.1, -0.05) is 0 Å². The van der Waals surface area contributed by atoms with Gasteiger partial charge in [-0.2, -0.15) is 0 Å². The Hall–Kier alpha value is -0.610. The lowest BCUT2D eigenvalue weighted by Gasteiger charge is -2.20. The minimum Gasteiger partial charge on any atom is -0.481 e. The SMILES string of the molecule is CC(N)CN1CC2C(C1)C2C(=O)O. The third-order valence-electron chi connectivity index (χ3n) is 3.10. The van der Waals surface area contributed by atoms with Crippen molar-refractivity contribution in [3.05, 3.63) is 0 Å². The van der Waals surface area contributed by atoms with Gasteiger partial charge in [0.15, 0.2) is 0 Å². The number of nitrogens with zero attached hydrogens (tertiary/aromatic N) is 1. The number of fused-ring (bicyclic) bond motifs is 1. The highest BCUT2D eigenvalue weighted by Crippen LogP contribution is 2.51. The summed E-state index contributed by atoms with van der Waals surface area (Å²) in [6.45, 7) is 4.75. The van der Waals surface area contributed by atoms with Gasteiger partial charge >= 0.3 is 5.97 Å². The van der Waals surface area contributed by atoms with Crippen LogP contribution in [-0.2, 0) is 4.79 Å². The highest BCUT2D eigenvalue weighted by Gasteiger charge is 2.59. The second kappa shape index (κ2) is 2.96. The van der Waals surface area contributed by atoms with Gasteiger partial charge in [-0.3, -0.25) is 4.79 Å². The van der Waals surface area contributed by atoms with E-state index < -0.39 is 5.97 Å². The van der Waals surface area contributed by atoms with Crippen molar-refractivity contribution in [3.8, 4) is 0 Å². The van der Waals surface area contributed by atoms with Gasteiger partial charge in [0.1, 0.15) is 0 Å². The smallest absolute Gasteiger partial charge is 0.307 e. The second-order valence-electron chi connectivity index (χ2n) is 4.39. The summed E-state index contributed by atoms with van der Waals surface area (Å²) < 4.78 is 0. The first-order valence-electron chi connectivity index (χ1n) is 4.80. The molecule has 4 nitrogen and oxygen atoms in total. The molecule has 0 amide bonds. The van der Waals surface area contributed by atoms with Crippen LogP contribution in [-0.4, -0.2) is 41.7 Å². The van der Waals surface area contributed by atoms with E-state index in [0.29, 0.717) is 11.8 Å². The van der Waals surface area contributed by atoms with E-state index in [9.17, 15) is 4.79 Å². The third-order valence-corrected chi connectivity index (χ3v) is 3.10. The van der Waals surface area contributed by atoms with Gasteiger partial charge in [0.25, 0.3) is 0 Å². The molecule has 3 atom stereocenters. The van der Waals surface area contributed by atoms with Crippen molar-refractivity contribution < 1.29 is 9.90 Å². The molecule has 0 aromatic carbocycles. The normalized spacial score (nSPS) is 40.0. The van der Waals surface area contributed by atoms with Crippen LogP contribution in [0.15, 0.2) is 0 Å². The van der Waals surface area contributed by atoms with Crippen molar-refractivity contribution in [1.82, 2.24) is 4.90 Å². The molecule has 13 heavy (non-hydrogen) atoms. The van der Waals surface area contributed by atoms with Crippen LogP contribution < -0.4 is 5.73 Å². The van der Waals surface area contributed by atoms with E-state index in [2.05, 4.69) is 4.90 Å². The maximum atomic E-state index is 10.7. The van der Waals surface area contributed by atoms with Gasteiger partial charge in [-0.05, 0) is 18.8 Å². The fourth-order valence-corrected chi connectivity index (χ4v) is 2.54. The molecule has 2 rings (SSSR count). The lowest BCUT2D eigenvalue weighted by Crippen LogP contribution is -2.36. The number of nitrogens with two attached hydrogens (primary N) is 1. The number of carbonyl (C=O) groups is 1. The predicted molar refractivity (Wildman–Crippen MR) is 48.2 cm³/mol. The van der Waals surface area contributed by atoms with E-state index >= 15 is 0 Å². The summed E-state index contributed by atoms with van der Waals surface area (Å²) in [6.07, 6.45) is 0. The zero-order valence-corrected chi connectivity index (χ0v) is 7.81. The van der Waals surface area contributed by atoms with E-state index in [0.717, 1.165) is 19.6 Å². The number of carboxylic acid groups (broad SMARTS) is 1. The lowest BCUT2D eigenvalue weighted by atomic mass is 10.2. The summed E-state index contributed by atoms with van der Waals surface area (Å²) >= 11 is 0. The minimum atomic E-state index is -0.615. The molecule has 4 heteroatoms. The van der Waals surface area contributed by atoms with Crippen molar-refractivity contribution in [2.24, 2.45) is 23.5 Å². The molecule has 1 aliphatic heterocycles. The Morgan fingerprint density at radius 3 is 2.54 bits per heavy atom. The van der Waals surface area contributed by atoms with Crippen molar-refractivity contribution in [2.75, 3.05) is 19.6 Å². The molecule has 0 aromatic heterocycles. The highest BCUT2D eigenvalue weighted by atomic mass is 16.4. The van der Waals surface area contributed by atoms with Gasteiger partial charge < -0.3 is 15.7 Å². The largest absolute Gasteiger partial charge is 0.481 e. The van der Waals surface area contributed by atoms with Crippen LogP contribution in [0.5, 0.6) is 0 Å². The number of carboxylic acids is 1. The van der Waals surface area contributed by atoms with Crippen molar-refractivity contribution >= 4 is 5.97 Å². The monoisotopic (exact) mass is 184 g/mol. The van der Waals surface area contributed by atoms with E-state index in [1.807, 2.05) is 6.92 Å². The molecule has 0 spiro atoms. The Morgan fingerprint density at radius 2 is 2.15 bits per heavy atom. The van der Waals surface area contributed by atoms with Crippen molar-refractivity contribution in [1.29, 1.82) is 0 Å². The number of likely N-dealkylation sites (tertiary alicyclic amines) is 1. The van der Waals surface area contributed by atoms with Crippen LogP contribution in [0.1, 0.15) is 6.92 Å². The Morgan fingerprint density at radius 1 is 1.62 bits per heavy atom. The Labute approximate surface area is 77.7 Å². The molecule has 1 heterocycles. The number of rotatable bonds is 3. The first-order chi connectivity index (χ1) is 6.09. The van der Waals surface area contributed by atoms with E-state index in [1.54, 1.807) is 0 Å². The highest BCUT2D eigenvalue weighted by molar-refractivity contribution is 5.74. The van der Waals surface area contributed by atoms with E-state index in [1.165, 1.54) is 0 Å². The van der Waals surface area contributed by atoms with Crippen LogP contribution in [0.4, 0.5) is 0 Å². The van der Waals surface area contributed by atoms with Crippen LogP contribution in [0.2, 0.25) is 0 Å². The molecule has 1 saturated carbocycles. The van der Waals surface area contributed by atoms with Crippen LogP contribution in [0.25, 0.3) is 0 Å². The molecule has 3 unspecified atom stereocenters. The average molecular weight is 184 g/mol. The minimum absolute atomic E-state index is 0.0515. The second-order valence-corrected chi connectivity index (χ2v) is 4.39. The summed E-state index contributed by atoms with van der Waals surface area (Å²) in [7, 11) is 0. The fraction of sp³-hybridized carbons (Fsp3) is 0.889. The summed E-state index contributed by atoms with van der Waals surface area (Å²) in [4.78, 5) is 12.9. The lowest BCUT2D eigenvalue weighted by molar-refractivity contribution is -0.139. The van der Waals surface area contributed by atoms with Crippen molar-refractivity contribution in [3.63, 3.8) is 0 Å². The number of aliphatic carboxylic acids is 1. The molecule has 74 valence electrons. The van der Waals surface area contributed by atoms with E-state index in [4.69, 9.17) is 10.8 Å². The fourth-order valence-electron chi connectivity index (χ4n) is 2.54. The standard InChI is InChI=1S/C9H16N2O2/c1-5(10)2-11-3-6-7(4-11)8(6)9(12)13/h5-8H,2-4,10H2,1H3,(H,12,13). The summed E-state index contributed by atoms with van der Waals surface area (Å²) in [5, 5.41) is 8.78. The zero-order valence-electron chi connectivity index (χ0n) is 7.81. The number of piperidine rings is 1. The molecular formula is C9H16N2O2. The summed E-state index contributed by atoms with van der Waals surface area (Å²) in [6, 6.07) is 0.195. The molecule has 0 radical (unpaired) electrons. The Balaban J connectivity index is 1.80. The molecule has 3 N–H and O–H groups in total. The van der Waals surface area contributed by atoms with Gasteiger partial charge in [-0.25, -0.2) is 0 Å². The number of hydrogen-bond donors (Lipinski definition) is 2. The predicted octanol–water partition coefficient (Wildman–Crippen LogP) is -0.404. The average Bonchev–Trinajstić information content (AvgIpc) is 2.49. The van der Waals surface area contributed by atoms with Crippen LogP contribution in [0.3, 0.4) is 0 Å². The van der Waals surface area contributed by atoms with E-state index in [-0.39, 0.29) is 12.0 Å². The Kier molecular flexibility index (Phi) is 2.04. The maximum Gasteiger partial charge on any atom is 0.307 e. The molecular weight excluding hydrogens is 168 g/mol. The van der Waals surface area contributed by atoms with Gasteiger partial charge in [0.2, 0.25) is 0 Å². The molecule has 2 aliphatic rings. The molecule has 2 fully saturated rings. The molecule has 0 aromatic rings. The first kappa shape index (κ1) is 8.97. The van der Waals surface area contributed by atoms with Gasteiger partial charge in [-0.15, -0.1) is 0 Å². The molecule has 1 saturated heterocycles. The third kappa shape index (κ3) is 1.56. The summed E-state index contributed by atoms with van der Waals surface area (Å²) in [5.41, 5.74) is 5.67. The van der Waals surface area contributed by atoms with Crippen LogP contribution >= 0.6 is 0 Å². The maximum absolute atomic E-state index is 10.7. The van der Waals surface area contributed by atoms with Crippen LogP contribution in [0, 0.1) is 17.8 Å². The molecule has 1 aliphatic carbocycles. The number of hydrogen-bond acceptors (Lipinski definition) is 3. The molecule has 0 bridgehead atoms. The van der Waals surface area contributed by atoms with Gasteiger partial charge in [0.05, 0.1) is 5.92 Å². The quantitative estimate of drug-likeness (QED) is 0.626.